The number of amides is 2. The van der Waals surface area contributed by atoms with E-state index in [2.05, 4.69) is 10.2 Å². The van der Waals surface area contributed by atoms with Crippen LogP contribution in [0.25, 0.3) is 0 Å². The minimum absolute atomic E-state index is 0.130. The topological polar surface area (TPSA) is 71.3 Å². The molecule has 0 aromatic carbocycles. The van der Waals surface area contributed by atoms with Crippen molar-refractivity contribution in [2.75, 3.05) is 13.1 Å². The largest absolute Gasteiger partial charge is 0.335 e. The van der Waals surface area contributed by atoms with Crippen LogP contribution in [0.2, 0.25) is 0 Å². The van der Waals surface area contributed by atoms with E-state index in [1.54, 1.807) is 9.80 Å². The molecule has 3 heterocycles. The molecule has 1 saturated heterocycles. The van der Waals surface area contributed by atoms with Crippen molar-refractivity contribution in [3.8, 4) is 0 Å². The minimum atomic E-state index is -2.69. The van der Waals surface area contributed by atoms with Crippen molar-refractivity contribution in [3.05, 3.63) is 11.6 Å². The second-order valence-electron chi connectivity index (χ2n) is 6.82. The van der Waals surface area contributed by atoms with E-state index in [1.807, 2.05) is 4.57 Å². The lowest BCUT2D eigenvalue weighted by atomic mass is 9.80. The zero-order valence-electron chi connectivity index (χ0n) is 13.2. The number of carbonyl (C=O) groups excluding carboxylic acids is 2. The summed E-state index contributed by atoms with van der Waals surface area (Å²) in [5.74, 6) is -1.97. The third kappa shape index (κ3) is 2.65. The number of fused-ring (bicyclic) bond motifs is 1. The highest BCUT2D eigenvalue weighted by Gasteiger charge is 2.50. The Morgan fingerprint density at radius 1 is 1.21 bits per heavy atom. The number of rotatable bonds is 3. The van der Waals surface area contributed by atoms with Gasteiger partial charge in [-0.1, -0.05) is 0 Å². The van der Waals surface area contributed by atoms with Crippen molar-refractivity contribution in [2.24, 2.45) is 5.92 Å². The first-order valence-electron chi connectivity index (χ1n) is 8.28. The van der Waals surface area contributed by atoms with E-state index in [0.717, 1.165) is 18.8 Å². The lowest BCUT2D eigenvalue weighted by Crippen LogP contribution is -2.49. The average molecular weight is 339 g/mol. The van der Waals surface area contributed by atoms with Crippen molar-refractivity contribution < 1.29 is 18.4 Å². The van der Waals surface area contributed by atoms with Crippen LogP contribution in [0.1, 0.15) is 37.3 Å². The summed E-state index contributed by atoms with van der Waals surface area (Å²) in [5.41, 5.74) is 0. The van der Waals surface area contributed by atoms with Crippen molar-refractivity contribution in [1.29, 1.82) is 0 Å². The van der Waals surface area contributed by atoms with Crippen LogP contribution in [-0.4, -0.2) is 55.4 Å². The predicted octanol–water partition coefficient (Wildman–Crippen LogP) is 0.788. The molecule has 24 heavy (non-hydrogen) atoms. The van der Waals surface area contributed by atoms with Gasteiger partial charge < -0.3 is 14.4 Å². The molecule has 130 valence electrons. The highest BCUT2D eigenvalue weighted by molar-refractivity contribution is 5.80. The van der Waals surface area contributed by atoms with Gasteiger partial charge in [-0.05, 0) is 6.42 Å². The first-order chi connectivity index (χ1) is 11.4. The van der Waals surface area contributed by atoms with Gasteiger partial charge in [-0.25, -0.2) is 8.78 Å². The number of alkyl halides is 2. The quantitative estimate of drug-likeness (QED) is 0.816. The Morgan fingerprint density at radius 3 is 2.67 bits per heavy atom. The third-order valence-electron chi connectivity index (χ3n) is 5.08. The van der Waals surface area contributed by atoms with Crippen LogP contribution in [0.4, 0.5) is 8.78 Å². The lowest BCUT2D eigenvalue weighted by Gasteiger charge is -2.38. The maximum Gasteiger partial charge on any atom is 0.249 e. The van der Waals surface area contributed by atoms with Crippen LogP contribution >= 0.6 is 0 Å². The van der Waals surface area contributed by atoms with E-state index in [0.29, 0.717) is 38.4 Å². The zero-order valence-corrected chi connectivity index (χ0v) is 13.2. The molecule has 3 aliphatic rings. The first kappa shape index (κ1) is 15.5. The summed E-state index contributed by atoms with van der Waals surface area (Å²) in [6.07, 6.45) is 0.748. The fraction of sp³-hybridized carbons (Fsp3) is 0.733. The van der Waals surface area contributed by atoms with Crippen LogP contribution in [0, 0.1) is 5.92 Å². The lowest BCUT2D eigenvalue weighted by molar-refractivity contribution is -0.161. The number of likely N-dealkylation sites (tertiary alicyclic amines) is 1. The van der Waals surface area contributed by atoms with E-state index in [-0.39, 0.29) is 24.7 Å². The first-order valence-corrected chi connectivity index (χ1v) is 8.28. The Hall–Kier alpha value is -2.06. The smallest absolute Gasteiger partial charge is 0.249 e. The number of carbonyl (C=O) groups is 2. The summed E-state index contributed by atoms with van der Waals surface area (Å²) in [6, 6.07) is 0. The summed E-state index contributed by atoms with van der Waals surface area (Å²) < 4.78 is 27.8. The van der Waals surface area contributed by atoms with Crippen molar-refractivity contribution in [3.63, 3.8) is 0 Å². The SMILES string of the molecule is O=C1CCCN1Cc1nnc2n1CCN(C(=O)C1CC(F)(F)C1)C2. The molecule has 1 aliphatic carbocycles. The molecule has 0 N–H and O–H groups in total. The molecule has 0 atom stereocenters. The fourth-order valence-corrected chi connectivity index (χ4v) is 3.66. The number of aromatic nitrogens is 3. The second kappa shape index (κ2) is 5.49. The molecular weight excluding hydrogens is 320 g/mol. The van der Waals surface area contributed by atoms with Gasteiger partial charge in [-0.2, -0.15) is 0 Å². The summed E-state index contributed by atoms with van der Waals surface area (Å²) in [4.78, 5) is 27.4. The minimum Gasteiger partial charge on any atom is -0.335 e. The van der Waals surface area contributed by atoms with Gasteiger partial charge in [-0.3, -0.25) is 9.59 Å². The molecule has 0 radical (unpaired) electrons. The van der Waals surface area contributed by atoms with Crippen LogP contribution in [-0.2, 0) is 29.2 Å². The normalized spacial score (nSPS) is 23.3. The van der Waals surface area contributed by atoms with Crippen molar-refractivity contribution >= 4 is 11.8 Å². The molecule has 2 fully saturated rings. The van der Waals surface area contributed by atoms with E-state index < -0.39 is 11.8 Å². The Labute approximate surface area is 137 Å². The van der Waals surface area contributed by atoms with Gasteiger partial charge in [-0.15, -0.1) is 10.2 Å². The molecular formula is C15H19F2N5O2. The molecule has 2 amide bonds. The zero-order chi connectivity index (χ0) is 16.9. The molecule has 0 bridgehead atoms. The Kier molecular flexibility index (Phi) is 3.54. The predicted molar refractivity (Wildman–Crippen MR) is 77.8 cm³/mol. The average Bonchev–Trinajstić information content (AvgIpc) is 3.11. The molecule has 1 aromatic heterocycles. The highest BCUT2D eigenvalue weighted by atomic mass is 19.3. The van der Waals surface area contributed by atoms with Gasteiger partial charge >= 0.3 is 0 Å². The summed E-state index contributed by atoms with van der Waals surface area (Å²) in [5, 5.41) is 8.27. The van der Waals surface area contributed by atoms with Crippen LogP contribution < -0.4 is 0 Å². The van der Waals surface area contributed by atoms with Gasteiger partial charge in [0, 0.05) is 44.8 Å². The monoisotopic (exact) mass is 339 g/mol. The van der Waals surface area contributed by atoms with Crippen LogP contribution in [0.3, 0.4) is 0 Å². The molecule has 0 unspecified atom stereocenters. The van der Waals surface area contributed by atoms with Gasteiger partial charge in [0.1, 0.15) is 0 Å². The van der Waals surface area contributed by atoms with Gasteiger partial charge in [0.25, 0.3) is 0 Å². The number of halogens is 2. The van der Waals surface area contributed by atoms with E-state index in [1.165, 1.54) is 0 Å². The Bertz CT molecular complexity index is 681. The molecule has 4 rings (SSSR count). The molecule has 1 saturated carbocycles. The molecule has 0 spiro atoms. The number of nitrogens with zero attached hydrogens (tertiary/aromatic N) is 5. The van der Waals surface area contributed by atoms with E-state index in [4.69, 9.17) is 0 Å². The maximum absolute atomic E-state index is 13.0. The summed E-state index contributed by atoms with van der Waals surface area (Å²) >= 11 is 0. The Morgan fingerprint density at radius 2 is 2.00 bits per heavy atom. The van der Waals surface area contributed by atoms with Crippen molar-refractivity contribution in [1.82, 2.24) is 24.6 Å². The second-order valence-corrected chi connectivity index (χ2v) is 6.82. The highest BCUT2D eigenvalue weighted by Crippen LogP contribution is 2.43. The van der Waals surface area contributed by atoms with Gasteiger partial charge in [0.2, 0.25) is 17.7 Å². The fourth-order valence-electron chi connectivity index (χ4n) is 3.66. The van der Waals surface area contributed by atoms with Gasteiger partial charge in [0.15, 0.2) is 11.6 Å². The molecule has 7 nitrogen and oxygen atoms in total. The number of hydrogen-bond acceptors (Lipinski definition) is 4. The standard InChI is InChI=1S/C15H19F2N5O2/c16-15(17)6-10(7-15)14(24)21-4-5-22-11(18-19-12(22)9-21)8-20-3-1-2-13(20)23/h10H,1-9H2. The third-order valence-corrected chi connectivity index (χ3v) is 5.08. The molecule has 1 aromatic rings. The summed E-state index contributed by atoms with van der Waals surface area (Å²) in [7, 11) is 0. The number of hydrogen-bond donors (Lipinski definition) is 0. The molecule has 2 aliphatic heterocycles. The van der Waals surface area contributed by atoms with E-state index in [9.17, 15) is 18.4 Å². The van der Waals surface area contributed by atoms with Crippen LogP contribution in [0.15, 0.2) is 0 Å². The van der Waals surface area contributed by atoms with E-state index >= 15 is 0 Å². The maximum atomic E-state index is 13.0. The Balaban J connectivity index is 1.41. The summed E-state index contributed by atoms with van der Waals surface area (Å²) in [6.45, 7) is 2.47. The van der Waals surface area contributed by atoms with Crippen molar-refractivity contribution in [2.45, 2.75) is 51.2 Å². The molecule has 9 heteroatoms. The van der Waals surface area contributed by atoms with Crippen LogP contribution in [0.5, 0.6) is 0 Å². The van der Waals surface area contributed by atoms with Gasteiger partial charge in [0.05, 0.1) is 13.1 Å².